The van der Waals surface area contributed by atoms with Crippen LogP contribution in [-0.4, -0.2) is 42.6 Å². The van der Waals surface area contributed by atoms with Crippen molar-refractivity contribution in [3.05, 3.63) is 23.2 Å². The number of nitrogens with zero attached hydrogens (tertiary/aromatic N) is 1. The van der Waals surface area contributed by atoms with Crippen molar-refractivity contribution in [2.45, 2.75) is 31.8 Å². The number of nitrogens with one attached hydrogen (secondary N) is 1. The van der Waals surface area contributed by atoms with Gasteiger partial charge in [-0.3, -0.25) is 0 Å². The Morgan fingerprint density at radius 3 is 2.50 bits per heavy atom. The molecule has 0 radical (unpaired) electrons. The topological polar surface area (TPSA) is 55.7 Å². The predicted octanol–water partition coefficient (Wildman–Crippen LogP) is 2.49. The first-order valence-corrected chi connectivity index (χ1v) is 7.66. The lowest BCUT2D eigenvalue weighted by Crippen LogP contribution is -2.24. The van der Waals surface area contributed by atoms with Crippen molar-refractivity contribution in [2.24, 2.45) is 0 Å². The summed E-state index contributed by atoms with van der Waals surface area (Å²) in [6.45, 7) is 2.20. The number of anilines is 2. The van der Waals surface area contributed by atoms with Gasteiger partial charge in [-0.05, 0) is 31.0 Å². The highest BCUT2D eigenvalue weighted by Gasteiger charge is 2.13. The molecular weight excluding hydrogens is 276 g/mol. The molecule has 5 heteroatoms. The average molecular weight is 299 g/mol. The van der Waals surface area contributed by atoms with Crippen molar-refractivity contribution < 1.29 is 10.2 Å². The lowest BCUT2D eigenvalue weighted by molar-refractivity contribution is 0.105. The summed E-state index contributed by atoms with van der Waals surface area (Å²) in [5.41, 5.74) is 1.95. The largest absolute Gasteiger partial charge is 0.394 e. The van der Waals surface area contributed by atoms with Crippen LogP contribution in [0.1, 0.15) is 25.7 Å². The molecule has 0 amide bonds. The quantitative estimate of drug-likeness (QED) is 0.782. The van der Waals surface area contributed by atoms with E-state index in [1.807, 2.05) is 18.2 Å². The first-order chi connectivity index (χ1) is 9.70. The van der Waals surface area contributed by atoms with Crippen molar-refractivity contribution in [3.63, 3.8) is 0 Å². The minimum Gasteiger partial charge on any atom is -0.394 e. The van der Waals surface area contributed by atoms with Gasteiger partial charge < -0.3 is 20.4 Å². The van der Waals surface area contributed by atoms with Crippen LogP contribution in [0, 0.1) is 0 Å². The molecule has 1 atom stereocenters. The fourth-order valence-electron chi connectivity index (χ4n) is 2.49. The summed E-state index contributed by atoms with van der Waals surface area (Å²) >= 11 is 6.37. The monoisotopic (exact) mass is 298 g/mol. The van der Waals surface area contributed by atoms with E-state index in [4.69, 9.17) is 16.7 Å². The molecule has 1 fully saturated rings. The van der Waals surface area contributed by atoms with Gasteiger partial charge in [0.05, 0.1) is 23.4 Å². The fourth-order valence-corrected chi connectivity index (χ4v) is 2.79. The Bertz CT molecular complexity index is 420. The second kappa shape index (κ2) is 7.72. The molecule has 20 heavy (non-hydrogen) atoms. The van der Waals surface area contributed by atoms with Gasteiger partial charge in [0.2, 0.25) is 0 Å². The van der Waals surface area contributed by atoms with Gasteiger partial charge in [-0.15, -0.1) is 0 Å². The summed E-state index contributed by atoms with van der Waals surface area (Å²) in [6, 6.07) is 5.88. The predicted molar refractivity (Wildman–Crippen MR) is 83.7 cm³/mol. The van der Waals surface area contributed by atoms with E-state index in [2.05, 4.69) is 10.2 Å². The molecule has 0 saturated carbocycles. The second-order valence-corrected chi connectivity index (χ2v) is 5.69. The van der Waals surface area contributed by atoms with Gasteiger partial charge in [-0.25, -0.2) is 0 Å². The number of halogens is 1. The molecule has 1 aliphatic rings. The van der Waals surface area contributed by atoms with Crippen LogP contribution in [0.3, 0.4) is 0 Å². The zero-order valence-corrected chi connectivity index (χ0v) is 12.4. The van der Waals surface area contributed by atoms with Gasteiger partial charge in [0.25, 0.3) is 0 Å². The Labute approximate surface area is 125 Å². The first kappa shape index (κ1) is 15.4. The zero-order chi connectivity index (χ0) is 14.4. The standard InChI is InChI=1S/C15H23ClN2O2/c16-14-9-12(17-10-13(20)11-19)5-6-15(14)18-7-3-1-2-4-8-18/h5-6,9,13,17,19-20H,1-4,7-8,10-11H2. The highest BCUT2D eigenvalue weighted by molar-refractivity contribution is 6.33. The highest BCUT2D eigenvalue weighted by atomic mass is 35.5. The van der Waals surface area contributed by atoms with E-state index in [-0.39, 0.29) is 6.61 Å². The molecule has 4 nitrogen and oxygen atoms in total. The maximum absolute atomic E-state index is 9.32. The van der Waals surface area contributed by atoms with Gasteiger partial charge in [-0.2, -0.15) is 0 Å². The van der Waals surface area contributed by atoms with Crippen molar-refractivity contribution in [3.8, 4) is 0 Å². The van der Waals surface area contributed by atoms with E-state index in [1.165, 1.54) is 25.7 Å². The maximum atomic E-state index is 9.32. The molecule has 1 aromatic rings. The maximum Gasteiger partial charge on any atom is 0.0942 e. The molecule has 0 spiro atoms. The highest BCUT2D eigenvalue weighted by Crippen LogP contribution is 2.30. The van der Waals surface area contributed by atoms with E-state index >= 15 is 0 Å². The van der Waals surface area contributed by atoms with E-state index < -0.39 is 6.10 Å². The van der Waals surface area contributed by atoms with Crippen LogP contribution in [0.5, 0.6) is 0 Å². The number of benzene rings is 1. The minimum absolute atomic E-state index is 0.243. The minimum atomic E-state index is -0.751. The molecule has 1 aromatic carbocycles. The normalized spacial score (nSPS) is 17.6. The molecule has 0 aromatic heterocycles. The summed E-state index contributed by atoms with van der Waals surface area (Å²) in [4.78, 5) is 2.35. The molecule has 2 rings (SSSR count). The second-order valence-electron chi connectivity index (χ2n) is 5.28. The van der Waals surface area contributed by atoms with Crippen LogP contribution < -0.4 is 10.2 Å². The van der Waals surface area contributed by atoms with Crippen LogP contribution in [0.2, 0.25) is 5.02 Å². The molecule has 112 valence electrons. The molecule has 1 unspecified atom stereocenters. The van der Waals surface area contributed by atoms with Gasteiger partial charge in [0.1, 0.15) is 0 Å². The lowest BCUT2D eigenvalue weighted by atomic mass is 10.2. The molecule has 0 bridgehead atoms. The molecule has 0 aliphatic carbocycles. The number of hydrogen-bond acceptors (Lipinski definition) is 4. The Kier molecular flexibility index (Phi) is 5.95. The van der Waals surface area contributed by atoms with Crippen molar-refractivity contribution in [1.29, 1.82) is 0 Å². The molecule has 1 heterocycles. The zero-order valence-electron chi connectivity index (χ0n) is 11.7. The van der Waals surface area contributed by atoms with Crippen molar-refractivity contribution in [1.82, 2.24) is 0 Å². The fraction of sp³-hybridized carbons (Fsp3) is 0.600. The van der Waals surface area contributed by atoms with Crippen LogP contribution in [0.25, 0.3) is 0 Å². The summed E-state index contributed by atoms with van der Waals surface area (Å²) in [7, 11) is 0. The van der Waals surface area contributed by atoms with E-state index in [0.29, 0.717) is 6.54 Å². The molecular formula is C15H23ClN2O2. The van der Waals surface area contributed by atoms with Gasteiger partial charge in [-0.1, -0.05) is 24.4 Å². The van der Waals surface area contributed by atoms with Gasteiger partial charge >= 0.3 is 0 Å². The van der Waals surface area contributed by atoms with Crippen LogP contribution in [0.4, 0.5) is 11.4 Å². The summed E-state index contributed by atoms with van der Waals surface area (Å²) in [5, 5.41) is 21.9. The van der Waals surface area contributed by atoms with Crippen LogP contribution in [-0.2, 0) is 0 Å². The Morgan fingerprint density at radius 2 is 1.90 bits per heavy atom. The summed E-state index contributed by atoms with van der Waals surface area (Å²) in [5.74, 6) is 0. The lowest BCUT2D eigenvalue weighted by Gasteiger charge is -2.24. The summed E-state index contributed by atoms with van der Waals surface area (Å²) < 4.78 is 0. The summed E-state index contributed by atoms with van der Waals surface area (Å²) in [6.07, 6.45) is 4.29. The Hall–Kier alpha value is -0.970. The first-order valence-electron chi connectivity index (χ1n) is 7.28. The van der Waals surface area contributed by atoms with E-state index in [0.717, 1.165) is 29.5 Å². The Balaban J connectivity index is 2.01. The number of rotatable bonds is 5. The molecule has 1 saturated heterocycles. The third-order valence-corrected chi connectivity index (χ3v) is 3.95. The van der Waals surface area contributed by atoms with Crippen molar-refractivity contribution in [2.75, 3.05) is 36.5 Å². The smallest absolute Gasteiger partial charge is 0.0942 e. The van der Waals surface area contributed by atoms with E-state index in [1.54, 1.807) is 0 Å². The Morgan fingerprint density at radius 1 is 1.20 bits per heavy atom. The van der Waals surface area contributed by atoms with Gasteiger partial charge in [0, 0.05) is 25.3 Å². The third-order valence-electron chi connectivity index (χ3n) is 3.65. The van der Waals surface area contributed by atoms with Crippen LogP contribution in [0.15, 0.2) is 18.2 Å². The molecule has 3 N–H and O–H groups in total. The van der Waals surface area contributed by atoms with E-state index in [9.17, 15) is 5.11 Å². The van der Waals surface area contributed by atoms with Gasteiger partial charge in [0.15, 0.2) is 0 Å². The average Bonchev–Trinajstić information content (AvgIpc) is 2.73. The van der Waals surface area contributed by atoms with Crippen LogP contribution >= 0.6 is 11.6 Å². The number of hydrogen-bond donors (Lipinski definition) is 3. The third kappa shape index (κ3) is 4.27. The number of aliphatic hydroxyl groups excluding tert-OH is 2. The van der Waals surface area contributed by atoms with Crippen molar-refractivity contribution >= 4 is 23.0 Å². The number of aliphatic hydroxyl groups is 2. The molecule has 1 aliphatic heterocycles. The SMILES string of the molecule is OCC(O)CNc1ccc(N2CCCCCC2)c(Cl)c1.